The van der Waals surface area contributed by atoms with Gasteiger partial charge in [-0.1, -0.05) is 20.8 Å². The largest absolute Gasteiger partial charge is 0.390 e. The van der Waals surface area contributed by atoms with Crippen molar-refractivity contribution in [2.24, 2.45) is 5.41 Å². The van der Waals surface area contributed by atoms with Crippen LogP contribution in [0.2, 0.25) is 0 Å². The van der Waals surface area contributed by atoms with E-state index in [0.29, 0.717) is 11.5 Å². The molecule has 2 heteroatoms. The molecule has 0 aromatic carbocycles. The molecule has 3 atom stereocenters. The summed E-state index contributed by atoms with van der Waals surface area (Å²) >= 11 is 0. The Morgan fingerprint density at radius 3 is 2.43 bits per heavy atom. The maximum atomic E-state index is 9.91. The van der Waals surface area contributed by atoms with E-state index in [1.165, 1.54) is 0 Å². The molecule has 3 unspecified atom stereocenters. The van der Waals surface area contributed by atoms with E-state index in [-0.39, 0.29) is 12.2 Å². The maximum Gasteiger partial charge on any atom is 0.0838 e. The second-order valence-corrected chi connectivity index (χ2v) is 5.73. The molecule has 2 nitrogen and oxygen atoms in total. The van der Waals surface area contributed by atoms with E-state index in [9.17, 15) is 5.11 Å². The third kappa shape index (κ3) is 3.97. The summed E-state index contributed by atoms with van der Waals surface area (Å²) in [5.74, 6) is 0. The molecule has 14 heavy (non-hydrogen) atoms. The monoisotopic (exact) mass is 200 g/mol. The Bertz CT molecular complexity index is 172. The van der Waals surface area contributed by atoms with Gasteiger partial charge in [0.1, 0.15) is 0 Å². The molecule has 0 aromatic rings. The van der Waals surface area contributed by atoms with Crippen LogP contribution in [-0.4, -0.2) is 23.4 Å². The fraction of sp³-hybridized carbons (Fsp3) is 1.00. The Balaban J connectivity index is 2.25. The first-order chi connectivity index (χ1) is 6.38. The van der Waals surface area contributed by atoms with Gasteiger partial charge in [-0.3, -0.25) is 0 Å². The number of ether oxygens (including phenoxy) is 1. The molecule has 0 amide bonds. The summed E-state index contributed by atoms with van der Waals surface area (Å²) in [6.07, 6.45) is 4.20. The van der Waals surface area contributed by atoms with Crippen molar-refractivity contribution >= 4 is 0 Å². The van der Waals surface area contributed by atoms with Gasteiger partial charge in [0, 0.05) is 0 Å². The van der Waals surface area contributed by atoms with Gasteiger partial charge < -0.3 is 9.84 Å². The summed E-state index contributed by atoms with van der Waals surface area (Å²) in [5, 5.41) is 9.91. The fourth-order valence-corrected chi connectivity index (χ4v) is 1.88. The van der Waals surface area contributed by atoms with Crippen molar-refractivity contribution in [2.45, 2.75) is 71.7 Å². The third-order valence-electron chi connectivity index (χ3n) is 2.88. The van der Waals surface area contributed by atoms with Gasteiger partial charge in [-0.25, -0.2) is 0 Å². The lowest BCUT2D eigenvalue weighted by Crippen LogP contribution is -2.27. The zero-order chi connectivity index (χ0) is 10.8. The van der Waals surface area contributed by atoms with Gasteiger partial charge >= 0.3 is 0 Å². The Kier molecular flexibility index (Phi) is 3.96. The minimum Gasteiger partial charge on any atom is -0.390 e. The SMILES string of the molecule is CC1CCC(C(O)CCC(C)(C)C)O1. The molecule has 1 heterocycles. The Morgan fingerprint density at radius 2 is 2.00 bits per heavy atom. The molecular formula is C12H24O2. The molecule has 1 aliphatic rings. The van der Waals surface area contributed by atoms with E-state index in [0.717, 1.165) is 25.7 Å². The second-order valence-electron chi connectivity index (χ2n) is 5.73. The first-order valence-corrected chi connectivity index (χ1v) is 5.72. The molecule has 1 N–H and O–H groups in total. The van der Waals surface area contributed by atoms with Gasteiger partial charge in [-0.15, -0.1) is 0 Å². The normalized spacial score (nSPS) is 30.6. The molecule has 1 aliphatic heterocycles. The number of hydrogen-bond acceptors (Lipinski definition) is 2. The predicted molar refractivity (Wildman–Crippen MR) is 58.3 cm³/mol. The summed E-state index contributed by atoms with van der Waals surface area (Å²) in [6.45, 7) is 8.70. The van der Waals surface area contributed by atoms with Gasteiger partial charge in [-0.2, -0.15) is 0 Å². The van der Waals surface area contributed by atoms with Crippen molar-refractivity contribution in [2.75, 3.05) is 0 Å². The molecule has 1 saturated heterocycles. The lowest BCUT2D eigenvalue weighted by atomic mass is 9.88. The Morgan fingerprint density at radius 1 is 1.36 bits per heavy atom. The van der Waals surface area contributed by atoms with E-state index in [4.69, 9.17) is 4.74 Å². The van der Waals surface area contributed by atoms with Crippen molar-refractivity contribution in [1.82, 2.24) is 0 Å². The summed E-state index contributed by atoms with van der Waals surface area (Å²) in [4.78, 5) is 0. The maximum absolute atomic E-state index is 9.91. The van der Waals surface area contributed by atoms with Crippen LogP contribution in [0.4, 0.5) is 0 Å². The highest BCUT2D eigenvalue weighted by molar-refractivity contribution is 4.78. The zero-order valence-corrected chi connectivity index (χ0v) is 9.92. The quantitative estimate of drug-likeness (QED) is 0.759. The summed E-state index contributed by atoms with van der Waals surface area (Å²) in [7, 11) is 0. The van der Waals surface area contributed by atoms with E-state index < -0.39 is 0 Å². The molecule has 0 saturated carbocycles. The average Bonchev–Trinajstić information content (AvgIpc) is 2.46. The molecule has 0 aromatic heterocycles. The van der Waals surface area contributed by atoms with Crippen LogP contribution in [0.25, 0.3) is 0 Å². The molecule has 0 bridgehead atoms. The van der Waals surface area contributed by atoms with Crippen LogP contribution in [0.15, 0.2) is 0 Å². The highest BCUT2D eigenvalue weighted by Crippen LogP contribution is 2.27. The molecule has 1 fully saturated rings. The minimum atomic E-state index is -0.265. The second kappa shape index (κ2) is 4.63. The molecule has 1 rings (SSSR count). The molecular weight excluding hydrogens is 176 g/mol. The van der Waals surface area contributed by atoms with Crippen LogP contribution < -0.4 is 0 Å². The van der Waals surface area contributed by atoms with Gasteiger partial charge in [0.2, 0.25) is 0 Å². The smallest absolute Gasteiger partial charge is 0.0838 e. The van der Waals surface area contributed by atoms with E-state index in [2.05, 4.69) is 27.7 Å². The topological polar surface area (TPSA) is 29.5 Å². The van der Waals surface area contributed by atoms with E-state index >= 15 is 0 Å². The van der Waals surface area contributed by atoms with Gasteiger partial charge in [0.15, 0.2) is 0 Å². The van der Waals surface area contributed by atoms with Crippen molar-refractivity contribution in [3.63, 3.8) is 0 Å². The van der Waals surface area contributed by atoms with Crippen molar-refractivity contribution < 1.29 is 9.84 Å². The van der Waals surface area contributed by atoms with E-state index in [1.54, 1.807) is 0 Å². The van der Waals surface area contributed by atoms with Gasteiger partial charge in [0.05, 0.1) is 18.3 Å². The molecule has 0 radical (unpaired) electrons. The van der Waals surface area contributed by atoms with Crippen LogP contribution in [-0.2, 0) is 4.74 Å². The zero-order valence-electron chi connectivity index (χ0n) is 9.92. The number of rotatable bonds is 3. The molecule has 0 spiro atoms. The lowest BCUT2D eigenvalue weighted by Gasteiger charge is -2.23. The first kappa shape index (κ1) is 12.0. The van der Waals surface area contributed by atoms with Crippen molar-refractivity contribution in [3.8, 4) is 0 Å². The van der Waals surface area contributed by atoms with Crippen LogP contribution in [0, 0.1) is 5.41 Å². The Hall–Kier alpha value is -0.0800. The molecule has 84 valence electrons. The number of hydrogen-bond donors (Lipinski definition) is 1. The summed E-state index contributed by atoms with van der Waals surface area (Å²) in [5.41, 5.74) is 0.311. The van der Waals surface area contributed by atoms with Gasteiger partial charge in [0.25, 0.3) is 0 Å². The van der Waals surface area contributed by atoms with Crippen molar-refractivity contribution in [3.05, 3.63) is 0 Å². The van der Waals surface area contributed by atoms with Crippen LogP contribution in [0.1, 0.15) is 53.4 Å². The van der Waals surface area contributed by atoms with Crippen LogP contribution in [0.3, 0.4) is 0 Å². The highest BCUT2D eigenvalue weighted by Gasteiger charge is 2.28. The number of aliphatic hydroxyl groups is 1. The minimum absolute atomic E-state index is 0.0901. The van der Waals surface area contributed by atoms with Gasteiger partial charge in [-0.05, 0) is 38.0 Å². The predicted octanol–water partition coefficient (Wildman–Crippen LogP) is 2.74. The van der Waals surface area contributed by atoms with Crippen LogP contribution >= 0.6 is 0 Å². The summed E-state index contributed by atoms with van der Waals surface area (Å²) < 4.78 is 5.64. The van der Waals surface area contributed by atoms with Crippen molar-refractivity contribution in [1.29, 1.82) is 0 Å². The number of aliphatic hydroxyl groups excluding tert-OH is 1. The van der Waals surface area contributed by atoms with E-state index in [1.807, 2.05) is 0 Å². The lowest BCUT2D eigenvalue weighted by molar-refractivity contribution is -0.0348. The fourth-order valence-electron chi connectivity index (χ4n) is 1.88. The van der Waals surface area contributed by atoms with Crippen LogP contribution in [0.5, 0.6) is 0 Å². The highest BCUT2D eigenvalue weighted by atomic mass is 16.5. The summed E-state index contributed by atoms with van der Waals surface area (Å²) in [6, 6.07) is 0. The standard InChI is InChI=1S/C12H24O2/c1-9-5-6-11(14-9)10(13)7-8-12(2,3)4/h9-11,13H,5-8H2,1-4H3. The average molecular weight is 200 g/mol. The first-order valence-electron chi connectivity index (χ1n) is 5.72. The molecule has 0 aliphatic carbocycles. The Labute approximate surface area is 87.7 Å². The third-order valence-corrected chi connectivity index (χ3v) is 2.88.